The Morgan fingerprint density at radius 2 is 1.96 bits per heavy atom. The van der Waals surface area contributed by atoms with Gasteiger partial charge in [-0.25, -0.2) is 14.8 Å². The number of hydrogen-bond donors (Lipinski definition) is 0. The number of nitrogens with zero attached hydrogens (tertiary/aromatic N) is 3. The molecule has 1 atom stereocenters. The van der Waals surface area contributed by atoms with Crippen LogP contribution >= 0.6 is 11.6 Å². The molecule has 1 fully saturated rings. The third-order valence-corrected chi connectivity index (χ3v) is 4.92. The maximum absolute atomic E-state index is 12.2. The molecule has 7 nitrogen and oxygen atoms in total. The van der Waals surface area contributed by atoms with Gasteiger partial charge in [0.2, 0.25) is 0 Å². The lowest BCUT2D eigenvalue weighted by molar-refractivity contribution is -0.0480. The quantitative estimate of drug-likeness (QED) is 0.730. The van der Waals surface area contributed by atoms with Crippen molar-refractivity contribution in [3.8, 4) is 0 Å². The van der Waals surface area contributed by atoms with Gasteiger partial charge in [-0.2, -0.15) is 0 Å². The third-order valence-electron chi connectivity index (χ3n) is 4.60. The Balaban J connectivity index is 1.59. The van der Waals surface area contributed by atoms with Crippen molar-refractivity contribution in [3.05, 3.63) is 28.5 Å². The number of amides is 1. The van der Waals surface area contributed by atoms with Crippen LogP contribution in [-0.4, -0.2) is 59.0 Å². The number of carbonyl (C=O) groups excluding carboxylic acids is 1. The molecule has 1 aliphatic heterocycles. The highest BCUT2D eigenvalue weighted by molar-refractivity contribution is 6.30. The van der Waals surface area contributed by atoms with E-state index in [0.717, 1.165) is 29.9 Å². The van der Waals surface area contributed by atoms with Gasteiger partial charge in [-0.15, -0.1) is 0 Å². The summed E-state index contributed by atoms with van der Waals surface area (Å²) in [6, 6.07) is 0. The summed E-state index contributed by atoms with van der Waals surface area (Å²) in [5.41, 5.74) is 1.15. The van der Waals surface area contributed by atoms with E-state index in [0.29, 0.717) is 24.7 Å². The van der Waals surface area contributed by atoms with Gasteiger partial charge in [0, 0.05) is 31.1 Å². The van der Waals surface area contributed by atoms with Crippen LogP contribution < -0.4 is 0 Å². The molecule has 1 unspecified atom stereocenters. The molecule has 0 spiro atoms. The van der Waals surface area contributed by atoms with Gasteiger partial charge >= 0.3 is 6.09 Å². The van der Waals surface area contributed by atoms with Gasteiger partial charge in [0.1, 0.15) is 28.9 Å². The number of halogens is 1. The molecular weight excluding hydrogens is 370 g/mol. The van der Waals surface area contributed by atoms with E-state index in [2.05, 4.69) is 9.97 Å². The Morgan fingerprint density at radius 3 is 2.59 bits per heavy atom. The number of ether oxygens (including phenoxy) is 3. The Morgan fingerprint density at radius 1 is 1.26 bits per heavy atom. The van der Waals surface area contributed by atoms with E-state index < -0.39 is 5.60 Å². The Labute approximate surface area is 164 Å². The highest BCUT2D eigenvalue weighted by Crippen LogP contribution is 2.31. The molecule has 2 aliphatic rings. The van der Waals surface area contributed by atoms with Gasteiger partial charge in [-0.05, 0) is 33.6 Å². The summed E-state index contributed by atoms with van der Waals surface area (Å²) in [6.45, 7) is 6.83. The second kappa shape index (κ2) is 8.02. The molecule has 1 saturated heterocycles. The monoisotopic (exact) mass is 395 g/mol. The van der Waals surface area contributed by atoms with Gasteiger partial charge in [0.15, 0.2) is 0 Å². The van der Waals surface area contributed by atoms with Crippen LogP contribution in [0.5, 0.6) is 0 Å². The van der Waals surface area contributed by atoms with Crippen LogP contribution in [0.25, 0.3) is 6.08 Å². The fraction of sp³-hybridized carbons (Fsp3) is 0.632. The minimum absolute atomic E-state index is 0.0391. The Hall–Kier alpha value is -1.86. The van der Waals surface area contributed by atoms with Gasteiger partial charge in [-0.3, -0.25) is 0 Å². The first kappa shape index (κ1) is 19.9. The summed E-state index contributed by atoms with van der Waals surface area (Å²) in [4.78, 5) is 22.2. The van der Waals surface area contributed by atoms with E-state index in [9.17, 15) is 4.79 Å². The number of likely N-dealkylation sites (tertiary alicyclic amines) is 1. The zero-order valence-electron chi connectivity index (χ0n) is 16.2. The van der Waals surface area contributed by atoms with Crippen LogP contribution in [0, 0.1) is 0 Å². The number of hydrogen-bond acceptors (Lipinski definition) is 6. The van der Waals surface area contributed by atoms with Crippen molar-refractivity contribution in [2.45, 2.75) is 57.8 Å². The van der Waals surface area contributed by atoms with Gasteiger partial charge < -0.3 is 19.1 Å². The zero-order chi connectivity index (χ0) is 19.6. The third kappa shape index (κ3) is 4.90. The van der Waals surface area contributed by atoms with Crippen LogP contribution in [0.3, 0.4) is 0 Å². The normalized spacial score (nSPS) is 20.7. The van der Waals surface area contributed by atoms with Crippen molar-refractivity contribution < 1.29 is 19.0 Å². The summed E-state index contributed by atoms with van der Waals surface area (Å²) in [5, 5.41) is 0.444. The topological polar surface area (TPSA) is 73.8 Å². The maximum atomic E-state index is 12.2. The van der Waals surface area contributed by atoms with Crippen molar-refractivity contribution in [1.29, 1.82) is 0 Å². The second-order valence-corrected chi connectivity index (χ2v) is 8.13. The highest BCUT2D eigenvalue weighted by Gasteiger charge is 2.32. The molecule has 8 heteroatoms. The molecule has 2 heterocycles. The fourth-order valence-corrected chi connectivity index (χ4v) is 3.49. The summed E-state index contributed by atoms with van der Waals surface area (Å²) < 4.78 is 17.2. The first-order valence-corrected chi connectivity index (χ1v) is 9.53. The van der Waals surface area contributed by atoms with Crippen molar-refractivity contribution >= 4 is 23.8 Å². The largest absolute Gasteiger partial charge is 0.498 e. The lowest BCUT2D eigenvalue weighted by Crippen LogP contribution is -2.44. The van der Waals surface area contributed by atoms with Gasteiger partial charge in [0.05, 0.1) is 18.9 Å². The minimum atomic E-state index is -0.487. The lowest BCUT2D eigenvalue weighted by Gasteiger charge is -2.35. The van der Waals surface area contributed by atoms with Crippen molar-refractivity contribution in [2.24, 2.45) is 0 Å². The number of piperidine rings is 1. The molecule has 0 N–H and O–H groups in total. The van der Waals surface area contributed by atoms with Crippen LogP contribution in [0.4, 0.5) is 4.79 Å². The summed E-state index contributed by atoms with van der Waals surface area (Å²) in [6.07, 6.45) is 4.90. The fourth-order valence-electron chi connectivity index (χ4n) is 3.27. The maximum Gasteiger partial charge on any atom is 0.410 e. The van der Waals surface area contributed by atoms with E-state index in [1.54, 1.807) is 12.0 Å². The number of carbonyl (C=O) groups is 1. The van der Waals surface area contributed by atoms with Crippen LogP contribution in [0.15, 0.2) is 12.1 Å². The van der Waals surface area contributed by atoms with Crippen LogP contribution in [0.1, 0.15) is 44.9 Å². The van der Waals surface area contributed by atoms with E-state index >= 15 is 0 Å². The van der Waals surface area contributed by atoms with Crippen molar-refractivity contribution in [1.82, 2.24) is 14.9 Å². The highest BCUT2D eigenvalue weighted by atomic mass is 35.5. The molecular formula is C19H26ClN3O4. The number of rotatable bonds is 3. The number of aromatic nitrogens is 2. The van der Waals surface area contributed by atoms with E-state index in [-0.39, 0.29) is 18.3 Å². The molecule has 1 aliphatic carbocycles. The van der Waals surface area contributed by atoms with Crippen molar-refractivity contribution in [3.63, 3.8) is 0 Å². The molecule has 0 bridgehead atoms. The number of methoxy groups -OCH3 is 1. The standard InChI is InChI=1S/C19H26ClN3O4/c1-19(2,3)27-18(24)23-7-5-12(6-8-23)26-16-9-13-14(10-15(16)25-4)21-11-22-17(13)20/h10-12,16H,5-9H2,1-4H3. The van der Waals surface area contributed by atoms with E-state index in [4.69, 9.17) is 25.8 Å². The second-order valence-electron chi connectivity index (χ2n) is 7.77. The smallest absolute Gasteiger partial charge is 0.410 e. The zero-order valence-corrected chi connectivity index (χ0v) is 17.0. The molecule has 1 amide bonds. The van der Waals surface area contributed by atoms with Gasteiger partial charge in [-0.1, -0.05) is 11.6 Å². The minimum Gasteiger partial charge on any atom is -0.498 e. The average molecular weight is 396 g/mol. The first-order valence-electron chi connectivity index (χ1n) is 9.15. The SMILES string of the molecule is COC1=Cc2ncnc(Cl)c2CC1OC1CCN(C(=O)OC(C)(C)C)CC1. The molecule has 1 aromatic rings. The van der Waals surface area contributed by atoms with Crippen molar-refractivity contribution in [2.75, 3.05) is 20.2 Å². The Bertz CT molecular complexity index is 724. The van der Waals surface area contributed by atoms with E-state index in [1.807, 2.05) is 26.8 Å². The first-order chi connectivity index (χ1) is 12.8. The molecule has 0 radical (unpaired) electrons. The lowest BCUT2D eigenvalue weighted by atomic mass is 9.98. The number of fused-ring (bicyclic) bond motifs is 1. The van der Waals surface area contributed by atoms with Gasteiger partial charge in [0.25, 0.3) is 0 Å². The predicted molar refractivity (Wildman–Crippen MR) is 101 cm³/mol. The summed E-state index contributed by atoms with van der Waals surface area (Å²) in [7, 11) is 1.63. The van der Waals surface area contributed by atoms with E-state index in [1.165, 1.54) is 6.33 Å². The Kier molecular flexibility index (Phi) is 5.91. The summed E-state index contributed by atoms with van der Waals surface area (Å²) >= 11 is 6.21. The van der Waals surface area contributed by atoms with Crippen LogP contribution in [0.2, 0.25) is 5.15 Å². The molecule has 3 rings (SSSR count). The average Bonchev–Trinajstić information content (AvgIpc) is 2.61. The molecule has 148 valence electrons. The molecule has 0 aromatic carbocycles. The molecule has 27 heavy (non-hydrogen) atoms. The van der Waals surface area contributed by atoms with Crippen LogP contribution in [-0.2, 0) is 20.6 Å². The molecule has 1 aromatic heterocycles. The molecule has 0 saturated carbocycles. The predicted octanol–water partition coefficient (Wildman–Crippen LogP) is 3.46. The summed E-state index contributed by atoms with van der Waals surface area (Å²) in [5.74, 6) is 0.729.